The quantitative estimate of drug-likeness (QED) is 0.330. The molecule has 2 aliphatic heterocycles. The molecule has 0 fully saturated rings. The second kappa shape index (κ2) is 14.8. The van der Waals surface area contributed by atoms with Crippen molar-refractivity contribution in [2.45, 2.75) is 67.6 Å². The number of hydrogen-bond acceptors (Lipinski definition) is 8. The molecule has 0 saturated carbocycles. The van der Waals surface area contributed by atoms with Gasteiger partial charge in [-0.05, 0) is 0 Å². The summed E-state index contributed by atoms with van der Waals surface area (Å²) < 4.78 is 29.1. The van der Waals surface area contributed by atoms with Crippen LogP contribution >= 0.6 is 0 Å². The van der Waals surface area contributed by atoms with Gasteiger partial charge in [0.2, 0.25) is 0 Å². The summed E-state index contributed by atoms with van der Waals surface area (Å²) in [4.78, 5) is 9.69. The van der Waals surface area contributed by atoms with Crippen LogP contribution in [0.15, 0.2) is 46.4 Å². The zero-order valence-electron chi connectivity index (χ0n) is 27.1. The fourth-order valence-corrected chi connectivity index (χ4v) is 9.63. The molecule has 2 aromatic rings. The Kier molecular flexibility index (Phi) is 12.0. The predicted molar refractivity (Wildman–Crippen MR) is 175 cm³/mol. The fourth-order valence-electron chi connectivity index (χ4n) is 4.94. The van der Waals surface area contributed by atoms with Gasteiger partial charge in [0.1, 0.15) is 0 Å². The first kappa shape index (κ1) is 34.0. The van der Waals surface area contributed by atoms with Gasteiger partial charge in [-0.1, -0.05) is 0 Å². The van der Waals surface area contributed by atoms with Crippen molar-refractivity contribution >= 4 is 29.6 Å². The van der Waals surface area contributed by atoms with Gasteiger partial charge in [0.15, 0.2) is 0 Å². The second-order valence-electron chi connectivity index (χ2n) is 13.1. The van der Waals surface area contributed by atoms with Crippen molar-refractivity contribution in [1.29, 1.82) is 0 Å². The molecule has 2 aromatic carbocycles. The Morgan fingerprint density at radius 1 is 0.810 bits per heavy atom. The molecule has 230 valence electrons. The minimum atomic E-state index is -3.32. The molecule has 0 aliphatic carbocycles. The maximum absolute atomic E-state index is 7.09. The van der Waals surface area contributed by atoms with E-state index < -0.39 is 17.2 Å². The number of aliphatic imine (C=N–C) groups is 2. The molecule has 4 rings (SSSR count). The molecule has 0 amide bonds. The van der Waals surface area contributed by atoms with Crippen molar-refractivity contribution in [2.75, 3.05) is 39.3 Å². The van der Waals surface area contributed by atoms with Crippen LogP contribution in [0.25, 0.3) is 0 Å². The van der Waals surface area contributed by atoms with Crippen LogP contribution in [0.1, 0.15) is 66.5 Å². The number of rotatable bonds is 4. The van der Waals surface area contributed by atoms with E-state index in [4.69, 9.17) is 26.5 Å². The monoisotopic (exact) mass is 635 g/mol. The van der Waals surface area contributed by atoms with Crippen LogP contribution in [-0.2, 0) is 0 Å². The molecule has 2 aliphatic rings. The van der Waals surface area contributed by atoms with E-state index in [2.05, 4.69) is 36.6 Å². The Labute approximate surface area is 260 Å². The van der Waals surface area contributed by atoms with Crippen LogP contribution in [0.5, 0.6) is 23.0 Å². The molecule has 0 radical (unpaired) electrons. The average molecular weight is 637 g/mol. The van der Waals surface area contributed by atoms with Crippen LogP contribution in [0.4, 0.5) is 0 Å². The van der Waals surface area contributed by atoms with Crippen molar-refractivity contribution in [3.63, 3.8) is 0 Å². The molecule has 9 heteroatoms. The Bertz CT molecular complexity index is 1230. The number of nitrogens with one attached hydrogen (secondary N) is 1. The Hall–Kier alpha value is -2.46. The van der Waals surface area contributed by atoms with Gasteiger partial charge in [0.25, 0.3) is 0 Å². The largest absolute Gasteiger partial charge is 0.358 e. The molecule has 0 bridgehead atoms. The Balaban J connectivity index is 0.00000484. The third-order valence-corrected chi connectivity index (χ3v) is 10.8. The van der Waals surface area contributed by atoms with E-state index in [9.17, 15) is 0 Å². The third-order valence-electron chi connectivity index (χ3n) is 6.79. The molecular weight excluding hydrogens is 586 g/mol. The molecule has 1 N–H and O–H groups in total. The summed E-state index contributed by atoms with van der Waals surface area (Å²) in [6.07, 6.45) is 3.83. The van der Waals surface area contributed by atoms with E-state index in [-0.39, 0.29) is 30.5 Å². The number of ether oxygens (including phenoxy) is 2. The van der Waals surface area contributed by atoms with Gasteiger partial charge in [0, 0.05) is 0 Å². The topological polar surface area (TPSA) is 76.9 Å². The number of benzene rings is 2. The Morgan fingerprint density at radius 2 is 1.31 bits per heavy atom. The first-order valence-electron chi connectivity index (χ1n) is 14.8. The number of fused-ring (bicyclic) bond motifs is 3. The van der Waals surface area contributed by atoms with Crippen molar-refractivity contribution in [2.24, 2.45) is 20.8 Å². The minimum Gasteiger partial charge on any atom is -0.358 e. The summed E-state index contributed by atoms with van der Waals surface area (Å²) >= 11 is -3.32. The molecule has 2 heterocycles. The summed E-state index contributed by atoms with van der Waals surface area (Å²) in [5.74, 6) is 2.79. The first-order chi connectivity index (χ1) is 19.4. The van der Waals surface area contributed by atoms with Gasteiger partial charge in [-0.2, -0.15) is 0 Å². The SMILES string of the molecule is CC(C)Oc1cccc2c1[O][Ga]1[O]c3c(cccc3OC(C)C)C=NCC(C)(C)C[N]1CCNCC(C)(C)CN=C2.[CH3-]. The van der Waals surface area contributed by atoms with Gasteiger partial charge in [-0.15, -0.1) is 0 Å². The zero-order valence-corrected chi connectivity index (χ0v) is 29.5. The van der Waals surface area contributed by atoms with Crippen LogP contribution in [0.3, 0.4) is 0 Å². The van der Waals surface area contributed by atoms with E-state index >= 15 is 0 Å². The summed E-state index contributed by atoms with van der Waals surface area (Å²) in [6.45, 7) is 21.8. The number of hydrogen-bond donors (Lipinski definition) is 1. The normalized spacial score (nSPS) is 19.0. The molecule has 8 nitrogen and oxygen atoms in total. The zero-order chi connectivity index (χ0) is 29.6. The van der Waals surface area contributed by atoms with Crippen LogP contribution in [0, 0.1) is 18.3 Å². The van der Waals surface area contributed by atoms with Crippen molar-refractivity contribution in [3.8, 4) is 23.0 Å². The molecule has 0 atom stereocenters. The van der Waals surface area contributed by atoms with Crippen molar-refractivity contribution < 1.29 is 16.5 Å². The molecule has 0 unspecified atom stereocenters. The van der Waals surface area contributed by atoms with E-state index in [0.717, 1.165) is 37.3 Å². The van der Waals surface area contributed by atoms with Gasteiger partial charge in [0.05, 0.1) is 0 Å². The van der Waals surface area contributed by atoms with E-state index in [0.29, 0.717) is 36.1 Å². The average Bonchev–Trinajstić information content (AvgIpc) is 2.87. The predicted octanol–water partition coefficient (Wildman–Crippen LogP) is 5.96. The summed E-state index contributed by atoms with van der Waals surface area (Å²) in [7, 11) is 0. The number of nitrogens with zero attached hydrogens (tertiary/aromatic N) is 3. The molecule has 42 heavy (non-hydrogen) atoms. The smallest absolute Gasteiger partial charge is 0.358 e. The fraction of sp³-hybridized carbons (Fsp3) is 0.545. The minimum absolute atomic E-state index is 0. The van der Waals surface area contributed by atoms with Crippen LogP contribution in [0.2, 0.25) is 0 Å². The summed E-state index contributed by atoms with van der Waals surface area (Å²) in [6, 6.07) is 12.0. The maximum Gasteiger partial charge on any atom is -0.358 e. The van der Waals surface area contributed by atoms with E-state index in [1.54, 1.807) is 0 Å². The first-order valence-corrected chi connectivity index (χ1v) is 17.9. The third kappa shape index (κ3) is 9.52. The van der Waals surface area contributed by atoms with Gasteiger partial charge in [-0.3, -0.25) is 0 Å². The standard InChI is InChI=1S/C32H49N4O4.CH3.Ga/c1-23(2)39-27-13-9-11-25(29(27)37)17-35-21-31(5,6)19-33-15-16-34-20-32(7,8)22-36-18-26-12-10-14-28(30(26)38)40-24(3)4;;/h9-14,17-18,23-24,33,37-38H,15-16,19-22H2,1-8H3;1H3;/q2*-1;+3/p-2. The van der Waals surface area contributed by atoms with Crippen molar-refractivity contribution in [1.82, 2.24) is 8.92 Å². The maximum atomic E-state index is 7.09. The molecule has 0 saturated heterocycles. The number of para-hydroxylation sites is 2. The summed E-state index contributed by atoms with van der Waals surface area (Å²) in [5.41, 5.74) is 1.72. The molecule has 0 aromatic heterocycles. The molecular formula is C33H50GaN4O4-. The summed E-state index contributed by atoms with van der Waals surface area (Å²) in [5, 5.41) is 3.68. The van der Waals surface area contributed by atoms with Crippen molar-refractivity contribution in [3.05, 3.63) is 55.0 Å². The van der Waals surface area contributed by atoms with Gasteiger partial charge < -0.3 is 7.43 Å². The van der Waals surface area contributed by atoms with Gasteiger partial charge in [-0.25, -0.2) is 0 Å². The van der Waals surface area contributed by atoms with Crippen LogP contribution in [-0.4, -0.2) is 84.7 Å². The second-order valence-corrected chi connectivity index (χ2v) is 16.9. The Morgan fingerprint density at radius 3 is 1.81 bits per heavy atom. The van der Waals surface area contributed by atoms with Crippen LogP contribution < -0.4 is 21.8 Å². The molecule has 0 spiro atoms. The van der Waals surface area contributed by atoms with E-state index in [1.165, 1.54) is 0 Å². The van der Waals surface area contributed by atoms with E-state index in [1.807, 2.05) is 76.5 Å². The van der Waals surface area contributed by atoms with Gasteiger partial charge >= 0.3 is 253 Å².